The molecule has 180 valence electrons. The second-order valence-electron chi connectivity index (χ2n) is 9.34. The van der Waals surface area contributed by atoms with E-state index in [2.05, 4.69) is 55.0 Å². The highest BCUT2D eigenvalue weighted by atomic mass is 16.5. The highest BCUT2D eigenvalue weighted by Crippen LogP contribution is 2.29. The van der Waals surface area contributed by atoms with Gasteiger partial charge in [0.25, 0.3) is 0 Å². The maximum absolute atomic E-state index is 11.7. The van der Waals surface area contributed by atoms with Crippen molar-refractivity contribution in [1.29, 1.82) is 0 Å². The van der Waals surface area contributed by atoms with Gasteiger partial charge in [-0.2, -0.15) is 5.10 Å². The van der Waals surface area contributed by atoms with Gasteiger partial charge in [-0.05, 0) is 64.4 Å². The first-order valence-corrected chi connectivity index (χ1v) is 12.1. The van der Waals surface area contributed by atoms with Crippen molar-refractivity contribution >= 4 is 22.7 Å². The van der Waals surface area contributed by atoms with Crippen molar-refractivity contribution in [2.75, 3.05) is 13.2 Å². The lowest BCUT2D eigenvalue weighted by molar-refractivity contribution is -0.122. The van der Waals surface area contributed by atoms with Gasteiger partial charge in [-0.15, -0.1) is 0 Å². The third kappa shape index (κ3) is 5.30. The van der Waals surface area contributed by atoms with Crippen LogP contribution in [-0.2, 0) is 4.79 Å². The van der Waals surface area contributed by atoms with E-state index in [0.717, 1.165) is 41.1 Å². The number of hydrazone groups is 1. The SMILES string of the molecule is CCC1CC(=O)NN=C1c1ccc2nc(-c3cccc(OCCN(C(C)C)C(C)C)c3)oc2c1. The number of aromatic nitrogens is 1. The van der Waals surface area contributed by atoms with Crippen molar-refractivity contribution in [3.05, 3.63) is 48.0 Å². The van der Waals surface area contributed by atoms with E-state index in [1.807, 2.05) is 42.5 Å². The van der Waals surface area contributed by atoms with Crippen LogP contribution in [0.25, 0.3) is 22.6 Å². The summed E-state index contributed by atoms with van der Waals surface area (Å²) >= 11 is 0. The Morgan fingerprint density at radius 1 is 1.12 bits per heavy atom. The molecule has 7 nitrogen and oxygen atoms in total. The predicted molar refractivity (Wildman–Crippen MR) is 135 cm³/mol. The predicted octanol–water partition coefficient (Wildman–Crippen LogP) is 5.24. The number of carbonyl (C=O) groups excluding carboxylic acids is 1. The number of nitrogens with zero attached hydrogens (tertiary/aromatic N) is 3. The molecule has 1 atom stereocenters. The Morgan fingerprint density at radius 2 is 1.91 bits per heavy atom. The number of rotatable bonds is 9. The van der Waals surface area contributed by atoms with Gasteiger partial charge in [-0.25, -0.2) is 10.4 Å². The molecule has 3 aromatic rings. The molecule has 1 aromatic heterocycles. The van der Waals surface area contributed by atoms with Gasteiger partial charge in [0.2, 0.25) is 11.8 Å². The van der Waals surface area contributed by atoms with Crippen molar-refractivity contribution < 1.29 is 13.9 Å². The van der Waals surface area contributed by atoms with Gasteiger partial charge >= 0.3 is 0 Å². The summed E-state index contributed by atoms with van der Waals surface area (Å²) in [5.41, 5.74) is 6.77. The fourth-order valence-corrected chi connectivity index (χ4v) is 4.53. The van der Waals surface area contributed by atoms with Crippen LogP contribution >= 0.6 is 0 Å². The number of nitrogens with one attached hydrogen (secondary N) is 1. The quantitative estimate of drug-likeness (QED) is 0.470. The van der Waals surface area contributed by atoms with Crippen LogP contribution in [0.2, 0.25) is 0 Å². The van der Waals surface area contributed by atoms with Crippen molar-refractivity contribution in [3.8, 4) is 17.2 Å². The number of hydrogen-bond acceptors (Lipinski definition) is 6. The highest BCUT2D eigenvalue weighted by Gasteiger charge is 2.24. The molecule has 0 aliphatic carbocycles. The van der Waals surface area contributed by atoms with Crippen LogP contribution in [-0.4, -0.2) is 46.7 Å². The molecule has 0 saturated heterocycles. The standard InChI is InChI=1S/C27H34N4O3/c1-6-19-16-25(32)29-30-26(19)20-10-11-23-24(15-20)34-27(28-23)21-8-7-9-22(14-21)33-13-12-31(17(2)3)18(4)5/h7-11,14-15,17-19H,6,12-13,16H2,1-5H3,(H,29,32). The minimum absolute atomic E-state index is 0.0400. The number of ether oxygens (including phenoxy) is 1. The van der Waals surface area contributed by atoms with Gasteiger partial charge in [0.1, 0.15) is 17.9 Å². The molecule has 1 unspecified atom stereocenters. The van der Waals surface area contributed by atoms with Crippen LogP contribution in [0.15, 0.2) is 52.0 Å². The van der Waals surface area contributed by atoms with Crippen molar-refractivity contribution in [2.45, 2.75) is 59.5 Å². The van der Waals surface area contributed by atoms with Gasteiger partial charge in [0.05, 0.1) is 5.71 Å². The number of amides is 1. The minimum Gasteiger partial charge on any atom is -0.492 e. The zero-order valence-electron chi connectivity index (χ0n) is 20.7. The molecule has 1 aliphatic rings. The van der Waals surface area contributed by atoms with Gasteiger partial charge in [0.15, 0.2) is 5.58 Å². The van der Waals surface area contributed by atoms with Gasteiger partial charge in [-0.3, -0.25) is 9.69 Å². The van der Waals surface area contributed by atoms with Crippen molar-refractivity contribution in [2.24, 2.45) is 11.0 Å². The monoisotopic (exact) mass is 462 g/mol. The molecule has 1 amide bonds. The van der Waals surface area contributed by atoms with Crippen LogP contribution in [0.1, 0.15) is 53.0 Å². The summed E-state index contributed by atoms with van der Waals surface area (Å²) in [7, 11) is 0. The highest BCUT2D eigenvalue weighted by molar-refractivity contribution is 6.07. The van der Waals surface area contributed by atoms with E-state index in [0.29, 0.717) is 36.6 Å². The summed E-state index contributed by atoms with van der Waals surface area (Å²) < 4.78 is 12.2. The van der Waals surface area contributed by atoms with E-state index in [1.165, 1.54) is 0 Å². The fourth-order valence-electron chi connectivity index (χ4n) is 4.53. The van der Waals surface area contributed by atoms with Gasteiger partial charge in [0, 0.05) is 42.1 Å². The maximum atomic E-state index is 11.7. The van der Waals surface area contributed by atoms with E-state index in [4.69, 9.17) is 9.15 Å². The minimum atomic E-state index is -0.0400. The molecule has 2 aromatic carbocycles. The lowest BCUT2D eigenvalue weighted by Crippen LogP contribution is -2.39. The number of benzene rings is 2. The fraction of sp³-hybridized carbons (Fsp3) is 0.444. The summed E-state index contributed by atoms with van der Waals surface area (Å²) in [4.78, 5) is 18.8. The molecular formula is C27H34N4O3. The van der Waals surface area contributed by atoms with Crippen molar-refractivity contribution in [3.63, 3.8) is 0 Å². The maximum Gasteiger partial charge on any atom is 0.240 e. The van der Waals surface area contributed by atoms with E-state index in [9.17, 15) is 4.79 Å². The molecular weight excluding hydrogens is 428 g/mol. The Morgan fingerprint density at radius 3 is 2.65 bits per heavy atom. The summed E-state index contributed by atoms with van der Waals surface area (Å²) in [5, 5.41) is 4.31. The third-order valence-electron chi connectivity index (χ3n) is 6.32. The Kier molecular flexibility index (Phi) is 7.32. The summed E-state index contributed by atoms with van der Waals surface area (Å²) in [6.45, 7) is 12.4. The zero-order valence-corrected chi connectivity index (χ0v) is 20.7. The van der Waals surface area contributed by atoms with E-state index < -0.39 is 0 Å². The Balaban J connectivity index is 1.51. The Labute approximate surface area is 201 Å². The second-order valence-corrected chi connectivity index (χ2v) is 9.34. The first-order chi connectivity index (χ1) is 16.4. The van der Waals surface area contributed by atoms with Gasteiger partial charge < -0.3 is 9.15 Å². The number of hydrogen-bond donors (Lipinski definition) is 1. The van der Waals surface area contributed by atoms with Crippen molar-refractivity contribution in [1.82, 2.24) is 15.3 Å². The second kappa shape index (κ2) is 10.4. The molecule has 0 bridgehead atoms. The van der Waals surface area contributed by atoms with E-state index >= 15 is 0 Å². The summed E-state index contributed by atoms with van der Waals surface area (Å²) in [6, 6.07) is 14.7. The van der Waals surface area contributed by atoms with E-state index in [1.54, 1.807) is 0 Å². The summed E-state index contributed by atoms with van der Waals surface area (Å²) in [5.74, 6) is 1.41. The molecule has 7 heteroatoms. The molecule has 0 spiro atoms. The number of fused-ring (bicyclic) bond motifs is 1. The number of carbonyl (C=O) groups is 1. The molecule has 0 radical (unpaired) electrons. The molecule has 0 fully saturated rings. The lowest BCUT2D eigenvalue weighted by Gasteiger charge is -2.30. The molecule has 34 heavy (non-hydrogen) atoms. The average molecular weight is 463 g/mol. The normalized spacial score (nSPS) is 16.4. The van der Waals surface area contributed by atoms with E-state index in [-0.39, 0.29) is 11.8 Å². The van der Waals surface area contributed by atoms with Crippen LogP contribution in [0.4, 0.5) is 0 Å². The first kappa shape index (κ1) is 24.0. The summed E-state index contributed by atoms with van der Waals surface area (Å²) in [6.07, 6.45) is 1.30. The molecule has 1 aliphatic heterocycles. The van der Waals surface area contributed by atoms with Crippen LogP contribution in [0.5, 0.6) is 5.75 Å². The molecule has 4 rings (SSSR count). The molecule has 0 saturated carbocycles. The van der Waals surface area contributed by atoms with Crippen LogP contribution in [0, 0.1) is 5.92 Å². The molecule has 2 heterocycles. The Bertz CT molecular complexity index is 1170. The first-order valence-electron chi connectivity index (χ1n) is 12.1. The smallest absolute Gasteiger partial charge is 0.240 e. The zero-order chi connectivity index (χ0) is 24.2. The Hall–Kier alpha value is -3.19. The van der Waals surface area contributed by atoms with Crippen LogP contribution < -0.4 is 10.2 Å². The lowest BCUT2D eigenvalue weighted by atomic mass is 9.90. The topological polar surface area (TPSA) is 80.0 Å². The number of oxazole rings is 1. The average Bonchev–Trinajstić information content (AvgIpc) is 3.25. The molecule has 1 N–H and O–H groups in total. The largest absolute Gasteiger partial charge is 0.492 e. The van der Waals surface area contributed by atoms with Gasteiger partial charge in [-0.1, -0.05) is 19.1 Å². The van der Waals surface area contributed by atoms with Crippen LogP contribution in [0.3, 0.4) is 0 Å². The third-order valence-corrected chi connectivity index (χ3v) is 6.32.